The minimum atomic E-state index is -0.523. The number of ether oxygens (including phenoxy) is 2. The van der Waals surface area contributed by atoms with Crippen LogP contribution in [0.5, 0.6) is 0 Å². The Kier molecular flexibility index (Phi) is 5.08. The highest BCUT2D eigenvalue weighted by molar-refractivity contribution is 5.90. The highest BCUT2D eigenvalue weighted by Gasteiger charge is 2.50. The predicted molar refractivity (Wildman–Crippen MR) is 112 cm³/mol. The second-order valence-electron chi connectivity index (χ2n) is 8.32. The Hall–Kier alpha value is -2.64. The molecule has 3 heterocycles. The van der Waals surface area contributed by atoms with Gasteiger partial charge in [0.05, 0.1) is 31.1 Å². The van der Waals surface area contributed by atoms with E-state index in [2.05, 4.69) is 17.0 Å². The zero-order chi connectivity index (χ0) is 20.6. The van der Waals surface area contributed by atoms with Crippen LogP contribution in [-0.2, 0) is 16.0 Å². The van der Waals surface area contributed by atoms with E-state index in [1.165, 1.54) is 11.6 Å². The van der Waals surface area contributed by atoms with Crippen molar-refractivity contribution in [2.45, 2.75) is 18.6 Å². The molecule has 158 valence electrons. The van der Waals surface area contributed by atoms with Crippen molar-refractivity contribution in [3.8, 4) is 0 Å². The minimum absolute atomic E-state index is 0.319. The molecule has 2 aromatic rings. The van der Waals surface area contributed by atoms with Gasteiger partial charge in [-0.25, -0.2) is 9.18 Å². The molecule has 1 unspecified atom stereocenters. The molecule has 0 aliphatic carbocycles. The van der Waals surface area contributed by atoms with Gasteiger partial charge in [-0.15, -0.1) is 0 Å². The molecular weight excluding hydrogens is 385 g/mol. The minimum Gasteiger partial charge on any atom is -0.439 e. The van der Waals surface area contributed by atoms with Crippen molar-refractivity contribution in [3.63, 3.8) is 0 Å². The Morgan fingerprint density at radius 1 is 1.00 bits per heavy atom. The molecule has 3 saturated heterocycles. The second kappa shape index (κ2) is 7.89. The molecule has 3 fully saturated rings. The van der Waals surface area contributed by atoms with Crippen molar-refractivity contribution in [1.29, 1.82) is 0 Å². The van der Waals surface area contributed by atoms with Gasteiger partial charge in [0.2, 0.25) is 0 Å². The molecule has 1 atom stereocenters. The van der Waals surface area contributed by atoms with Crippen LogP contribution in [0.3, 0.4) is 0 Å². The lowest BCUT2D eigenvalue weighted by atomic mass is 10.0. The van der Waals surface area contributed by atoms with E-state index in [4.69, 9.17) is 9.47 Å². The molecule has 0 aromatic heterocycles. The SMILES string of the molecule is O=C1OC2(CCN(Cc3ccccc3)C2)CN1c1ccc(N2CCOCC2)c(F)c1. The fourth-order valence-corrected chi connectivity index (χ4v) is 4.66. The lowest BCUT2D eigenvalue weighted by molar-refractivity contribution is 0.0629. The van der Waals surface area contributed by atoms with E-state index < -0.39 is 11.7 Å². The molecule has 5 rings (SSSR count). The molecule has 0 N–H and O–H groups in total. The number of halogens is 1. The van der Waals surface area contributed by atoms with Crippen molar-refractivity contribution >= 4 is 17.5 Å². The van der Waals surface area contributed by atoms with Crippen LogP contribution in [0.4, 0.5) is 20.6 Å². The van der Waals surface area contributed by atoms with Gasteiger partial charge in [0.25, 0.3) is 0 Å². The van der Waals surface area contributed by atoms with Crippen molar-refractivity contribution in [2.24, 2.45) is 0 Å². The number of benzene rings is 2. The average molecular weight is 411 g/mol. The fourth-order valence-electron chi connectivity index (χ4n) is 4.66. The van der Waals surface area contributed by atoms with Crippen molar-refractivity contribution in [2.75, 3.05) is 55.7 Å². The summed E-state index contributed by atoms with van der Waals surface area (Å²) in [7, 11) is 0. The van der Waals surface area contributed by atoms with E-state index in [-0.39, 0.29) is 5.82 Å². The van der Waals surface area contributed by atoms with Gasteiger partial charge in [-0.3, -0.25) is 9.80 Å². The van der Waals surface area contributed by atoms with Gasteiger partial charge in [-0.2, -0.15) is 0 Å². The third kappa shape index (κ3) is 3.75. The van der Waals surface area contributed by atoms with Crippen molar-refractivity contribution < 1.29 is 18.7 Å². The van der Waals surface area contributed by atoms with E-state index in [0.717, 1.165) is 19.5 Å². The lowest BCUT2D eigenvalue weighted by Gasteiger charge is -2.29. The van der Waals surface area contributed by atoms with Gasteiger partial charge in [0.1, 0.15) is 11.4 Å². The van der Waals surface area contributed by atoms with E-state index in [0.29, 0.717) is 50.8 Å². The van der Waals surface area contributed by atoms with Gasteiger partial charge < -0.3 is 14.4 Å². The van der Waals surface area contributed by atoms with Crippen LogP contribution in [0.25, 0.3) is 0 Å². The van der Waals surface area contributed by atoms with Gasteiger partial charge in [-0.1, -0.05) is 30.3 Å². The zero-order valence-corrected chi connectivity index (χ0v) is 16.9. The van der Waals surface area contributed by atoms with Gasteiger partial charge in [-0.05, 0) is 23.8 Å². The quantitative estimate of drug-likeness (QED) is 0.773. The first-order valence-electron chi connectivity index (χ1n) is 10.5. The summed E-state index contributed by atoms with van der Waals surface area (Å²) in [5, 5.41) is 0. The first-order valence-corrected chi connectivity index (χ1v) is 10.5. The fraction of sp³-hybridized carbons (Fsp3) is 0.435. The number of carbonyl (C=O) groups excluding carboxylic acids is 1. The monoisotopic (exact) mass is 411 g/mol. The maximum atomic E-state index is 14.8. The average Bonchev–Trinajstić information content (AvgIpc) is 3.31. The maximum absolute atomic E-state index is 14.8. The number of anilines is 2. The molecule has 1 amide bonds. The Bertz CT molecular complexity index is 919. The van der Waals surface area contributed by atoms with E-state index >= 15 is 0 Å². The molecule has 3 aliphatic heterocycles. The summed E-state index contributed by atoms with van der Waals surface area (Å²) in [5.41, 5.74) is 1.83. The summed E-state index contributed by atoms with van der Waals surface area (Å²) in [6.45, 7) is 5.39. The number of rotatable bonds is 4. The van der Waals surface area contributed by atoms with Crippen LogP contribution in [0.15, 0.2) is 48.5 Å². The summed E-state index contributed by atoms with van der Waals surface area (Å²) in [6, 6.07) is 15.3. The van der Waals surface area contributed by atoms with Gasteiger partial charge >= 0.3 is 6.09 Å². The summed E-state index contributed by atoms with van der Waals surface area (Å²) < 4.78 is 26.0. The Morgan fingerprint density at radius 3 is 2.57 bits per heavy atom. The third-order valence-corrected chi connectivity index (χ3v) is 6.21. The highest BCUT2D eigenvalue weighted by Crippen LogP contribution is 2.36. The predicted octanol–water partition coefficient (Wildman–Crippen LogP) is 3.26. The zero-order valence-electron chi connectivity index (χ0n) is 16.9. The number of amides is 1. The molecule has 0 bridgehead atoms. The maximum Gasteiger partial charge on any atom is 0.415 e. The van der Waals surface area contributed by atoms with Crippen LogP contribution in [0.1, 0.15) is 12.0 Å². The van der Waals surface area contributed by atoms with Crippen molar-refractivity contribution in [3.05, 3.63) is 59.9 Å². The summed E-state index contributed by atoms with van der Waals surface area (Å²) >= 11 is 0. The van der Waals surface area contributed by atoms with Crippen LogP contribution in [-0.4, -0.2) is 62.5 Å². The number of morpholine rings is 1. The molecule has 3 aliphatic rings. The van der Waals surface area contributed by atoms with Gasteiger partial charge in [0.15, 0.2) is 0 Å². The number of hydrogen-bond donors (Lipinski definition) is 0. The molecule has 30 heavy (non-hydrogen) atoms. The van der Waals surface area contributed by atoms with E-state index in [9.17, 15) is 9.18 Å². The molecule has 0 radical (unpaired) electrons. The summed E-state index contributed by atoms with van der Waals surface area (Å²) in [4.78, 5) is 18.5. The molecule has 7 heteroatoms. The highest BCUT2D eigenvalue weighted by atomic mass is 19.1. The van der Waals surface area contributed by atoms with Gasteiger partial charge in [0, 0.05) is 39.1 Å². The second-order valence-corrected chi connectivity index (χ2v) is 8.32. The first-order chi connectivity index (χ1) is 14.6. The van der Waals surface area contributed by atoms with E-state index in [1.807, 2.05) is 29.2 Å². The summed E-state index contributed by atoms with van der Waals surface area (Å²) in [6.07, 6.45) is 0.395. The van der Waals surface area contributed by atoms with Crippen molar-refractivity contribution in [1.82, 2.24) is 4.90 Å². The van der Waals surface area contributed by atoms with Crippen LogP contribution in [0.2, 0.25) is 0 Å². The molecular formula is C23H26FN3O3. The van der Waals surface area contributed by atoms with E-state index in [1.54, 1.807) is 11.0 Å². The van der Waals surface area contributed by atoms with Crippen LogP contribution < -0.4 is 9.80 Å². The van der Waals surface area contributed by atoms with Crippen LogP contribution >= 0.6 is 0 Å². The number of hydrogen-bond acceptors (Lipinski definition) is 5. The molecule has 6 nitrogen and oxygen atoms in total. The normalized spacial score (nSPS) is 24.6. The largest absolute Gasteiger partial charge is 0.439 e. The Morgan fingerprint density at radius 2 is 1.80 bits per heavy atom. The number of carbonyl (C=O) groups is 1. The first kappa shape index (κ1) is 19.3. The molecule has 1 spiro atoms. The standard InChI is InChI=1S/C23H26FN3O3/c24-20-14-19(6-7-21(20)26-10-12-29-13-11-26)27-17-23(30-22(27)28)8-9-25(16-23)15-18-4-2-1-3-5-18/h1-7,14H,8-13,15-17H2. The Balaban J connectivity index is 1.28. The molecule has 0 saturated carbocycles. The van der Waals surface area contributed by atoms with Crippen LogP contribution in [0, 0.1) is 5.82 Å². The third-order valence-electron chi connectivity index (χ3n) is 6.21. The number of nitrogens with zero attached hydrogens (tertiary/aromatic N) is 3. The smallest absolute Gasteiger partial charge is 0.415 e. The Labute approximate surface area is 175 Å². The lowest BCUT2D eigenvalue weighted by Crippen LogP contribution is -2.38. The summed E-state index contributed by atoms with van der Waals surface area (Å²) in [5.74, 6) is -0.319. The number of likely N-dealkylation sites (tertiary alicyclic amines) is 1. The topological polar surface area (TPSA) is 45.2 Å². The molecule has 2 aromatic carbocycles.